The number of rotatable bonds is 6. The lowest BCUT2D eigenvalue weighted by atomic mass is 10.0. The molecule has 7 nitrogen and oxygen atoms in total. The number of carboxylic acid groups (broad SMARTS) is 1. The van der Waals surface area contributed by atoms with Gasteiger partial charge in [0, 0.05) is 11.6 Å². The van der Waals surface area contributed by atoms with Gasteiger partial charge in [0.25, 0.3) is 0 Å². The number of ether oxygens (including phenoxy) is 1. The van der Waals surface area contributed by atoms with Gasteiger partial charge in [-0.05, 0) is 50.6 Å². The molecule has 0 aliphatic heterocycles. The zero-order valence-corrected chi connectivity index (χ0v) is 17.6. The van der Waals surface area contributed by atoms with Crippen LogP contribution in [-0.4, -0.2) is 28.2 Å². The van der Waals surface area contributed by atoms with E-state index in [-0.39, 0.29) is 17.0 Å². The Morgan fingerprint density at radius 3 is 2.73 bits per heavy atom. The average Bonchev–Trinajstić information content (AvgIpc) is 3.26. The molecule has 0 saturated carbocycles. The summed E-state index contributed by atoms with van der Waals surface area (Å²) in [5.74, 6) is -0.521. The molecule has 1 aromatic carbocycles. The summed E-state index contributed by atoms with van der Waals surface area (Å²) in [5, 5.41) is 9.61. The van der Waals surface area contributed by atoms with E-state index in [9.17, 15) is 19.5 Å². The summed E-state index contributed by atoms with van der Waals surface area (Å²) in [5.41, 5.74) is 1.71. The van der Waals surface area contributed by atoms with Gasteiger partial charge in [-0.2, -0.15) is 0 Å². The number of nitrogens with zero attached hydrogens (tertiary/aromatic N) is 1. The number of hydrogen-bond acceptors (Lipinski definition) is 6. The molecule has 0 radical (unpaired) electrons. The smallest absolute Gasteiger partial charge is 0.335 e. The van der Waals surface area contributed by atoms with Crippen LogP contribution in [-0.2, 0) is 9.53 Å². The van der Waals surface area contributed by atoms with Crippen molar-refractivity contribution in [1.29, 1.82) is 0 Å². The molecule has 0 spiro atoms. The second-order valence-electron chi connectivity index (χ2n) is 6.66. The van der Waals surface area contributed by atoms with Gasteiger partial charge in [-0.1, -0.05) is 24.0 Å². The number of benzene rings is 1. The van der Waals surface area contributed by atoms with E-state index in [1.54, 1.807) is 44.2 Å². The Hall–Kier alpha value is -3.39. The fourth-order valence-corrected chi connectivity index (χ4v) is 3.97. The summed E-state index contributed by atoms with van der Waals surface area (Å²) < 4.78 is 12.7. The van der Waals surface area contributed by atoms with E-state index in [4.69, 9.17) is 9.15 Å². The van der Waals surface area contributed by atoms with Gasteiger partial charge in [-0.3, -0.25) is 9.36 Å². The van der Waals surface area contributed by atoms with Crippen LogP contribution in [0.3, 0.4) is 0 Å². The third kappa shape index (κ3) is 4.13. The molecule has 0 fully saturated rings. The topological polar surface area (TPSA) is 98.7 Å². The lowest BCUT2D eigenvalue weighted by Crippen LogP contribution is -2.37. The van der Waals surface area contributed by atoms with Crippen molar-refractivity contribution in [3.63, 3.8) is 0 Å². The summed E-state index contributed by atoms with van der Waals surface area (Å²) in [6.45, 7) is 9.32. The van der Waals surface area contributed by atoms with Crippen molar-refractivity contribution in [3.05, 3.63) is 66.8 Å². The average molecular weight is 427 g/mol. The van der Waals surface area contributed by atoms with Crippen molar-refractivity contribution in [2.75, 3.05) is 6.61 Å². The van der Waals surface area contributed by atoms with Crippen molar-refractivity contribution in [2.45, 2.75) is 26.8 Å². The predicted molar refractivity (Wildman–Crippen MR) is 114 cm³/mol. The number of aromatic nitrogens is 1. The highest BCUT2D eigenvalue weighted by atomic mass is 32.1. The predicted octanol–water partition coefficient (Wildman–Crippen LogP) is 2.54. The second kappa shape index (κ2) is 8.54. The SMILES string of the molecule is C=c1c(=Cc2ccc(-c3cc(C(=O)O)ccc3C)o2)sc(=O)n1[C@H](C)C(=O)OCC. The first-order valence-corrected chi connectivity index (χ1v) is 10.1. The summed E-state index contributed by atoms with van der Waals surface area (Å²) in [6.07, 6.45) is 1.67. The lowest BCUT2D eigenvalue weighted by Gasteiger charge is -2.10. The van der Waals surface area contributed by atoms with Crippen LogP contribution in [0.2, 0.25) is 0 Å². The lowest BCUT2D eigenvalue weighted by molar-refractivity contribution is -0.146. The Morgan fingerprint density at radius 2 is 2.07 bits per heavy atom. The Bertz CT molecular complexity index is 1280. The number of carboxylic acids is 1. The molecule has 3 rings (SSSR count). The fraction of sp³-hybridized carbons (Fsp3) is 0.227. The number of aromatic carboxylic acids is 1. The third-order valence-corrected chi connectivity index (χ3v) is 5.58. The zero-order valence-electron chi connectivity index (χ0n) is 16.8. The number of aryl methyl sites for hydroxylation is 1. The first kappa shape index (κ1) is 21.3. The minimum atomic E-state index is -1.02. The molecule has 156 valence electrons. The maximum absolute atomic E-state index is 12.4. The van der Waals surface area contributed by atoms with Crippen molar-refractivity contribution < 1.29 is 23.8 Å². The maximum Gasteiger partial charge on any atom is 0.335 e. The van der Waals surface area contributed by atoms with Gasteiger partial charge in [0.15, 0.2) is 0 Å². The van der Waals surface area contributed by atoms with Crippen LogP contribution in [0.1, 0.15) is 41.6 Å². The molecule has 0 saturated heterocycles. The first-order valence-electron chi connectivity index (χ1n) is 9.25. The highest BCUT2D eigenvalue weighted by Gasteiger charge is 2.19. The maximum atomic E-state index is 12.4. The highest BCUT2D eigenvalue weighted by molar-refractivity contribution is 7.07. The van der Waals surface area contributed by atoms with Gasteiger partial charge in [0.1, 0.15) is 17.6 Å². The first-order chi connectivity index (χ1) is 14.2. The molecular weight excluding hydrogens is 406 g/mol. The standard InChI is InChI=1S/C22H21NO6S/c1-5-28-21(26)14(4)23-13(3)19(30-22(23)27)11-16-8-9-18(29-16)17-10-15(20(24)25)7-6-12(17)2/h6-11,14H,3,5H2,1-2,4H3,(H,24,25)/t14-/m1/s1. The van der Waals surface area contributed by atoms with Gasteiger partial charge in [0.05, 0.1) is 22.1 Å². The molecule has 1 atom stereocenters. The molecule has 1 N–H and O–H groups in total. The van der Waals surface area contributed by atoms with Crippen LogP contribution < -0.4 is 14.8 Å². The summed E-state index contributed by atoms with van der Waals surface area (Å²) >= 11 is 0.958. The van der Waals surface area contributed by atoms with E-state index in [1.165, 1.54) is 10.6 Å². The summed E-state index contributed by atoms with van der Waals surface area (Å²) in [4.78, 5) is 35.3. The molecule has 0 aliphatic carbocycles. The van der Waals surface area contributed by atoms with Crippen LogP contribution in [0, 0.1) is 6.92 Å². The number of hydrogen-bond donors (Lipinski definition) is 1. The third-order valence-electron chi connectivity index (χ3n) is 4.63. The van der Waals surface area contributed by atoms with E-state index in [0.717, 1.165) is 16.9 Å². The molecule has 0 aliphatic rings. The minimum Gasteiger partial charge on any atom is -0.478 e. The van der Waals surface area contributed by atoms with Gasteiger partial charge in [-0.15, -0.1) is 0 Å². The van der Waals surface area contributed by atoms with Gasteiger partial charge in [-0.25, -0.2) is 9.59 Å². The molecule has 3 aromatic rings. The number of carbonyl (C=O) groups is 2. The number of thiazole rings is 1. The normalized spacial score (nSPS) is 12.7. The Kier molecular flexibility index (Phi) is 6.07. The van der Waals surface area contributed by atoms with Crippen molar-refractivity contribution in [2.24, 2.45) is 0 Å². The molecule has 2 aromatic heterocycles. The molecule has 0 bridgehead atoms. The van der Waals surface area contributed by atoms with E-state index < -0.39 is 18.0 Å². The Labute approximate surface area is 176 Å². The van der Waals surface area contributed by atoms with Crippen LogP contribution in [0.15, 0.2) is 39.5 Å². The number of furan rings is 1. The van der Waals surface area contributed by atoms with Crippen LogP contribution in [0.4, 0.5) is 0 Å². The second-order valence-corrected chi connectivity index (χ2v) is 7.65. The monoisotopic (exact) mass is 427 g/mol. The number of carbonyl (C=O) groups excluding carboxylic acids is 1. The van der Waals surface area contributed by atoms with Gasteiger partial charge in [0.2, 0.25) is 0 Å². The summed E-state index contributed by atoms with van der Waals surface area (Å²) in [7, 11) is 0. The van der Waals surface area contributed by atoms with Crippen molar-refractivity contribution in [3.8, 4) is 11.3 Å². The minimum absolute atomic E-state index is 0.167. The number of esters is 1. The van der Waals surface area contributed by atoms with E-state index in [1.807, 2.05) is 6.92 Å². The van der Waals surface area contributed by atoms with Gasteiger partial charge >= 0.3 is 16.8 Å². The zero-order chi connectivity index (χ0) is 22.0. The van der Waals surface area contributed by atoms with Gasteiger partial charge < -0.3 is 14.3 Å². The quantitative estimate of drug-likeness (QED) is 0.607. The van der Waals surface area contributed by atoms with Crippen LogP contribution >= 0.6 is 11.3 Å². The van der Waals surface area contributed by atoms with Crippen molar-refractivity contribution in [1.82, 2.24) is 4.57 Å². The largest absolute Gasteiger partial charge is 0.478 e. The molecule has 2 heterocycles. The van der Waals surface area contributed by atoms with E-state index in [0.29, 0.717) is 27.0 Å². The fourth-order valence-electron chi connectivity index (χ4n) is 3.03. The van der Waals surface area contributed by atoms with E-state index >= 15 is 0 Å². The van der Waals surface area contributed by atoms with Crippen molar-refractivity contribution >= 4 is 35.9 Å². The van der Waals surface area contributed by atoms with Crippen LogP contribution in [0.5, 0.6) is 0 Å². The Balaban J connectivity index is 2.00. The molecular formula is C22H21NO6S. The van der Waals surface area contributed by atoms with E-state index in [2.05, 4.69) is 6.58 Å². The van der Waals surface area contributed by atoms with Crippen LogP contribution in [0.25, 0.3) is 24.0 Å². The molecule has 0 amide bonds. The molecule has 8 heteroatoms. The summed E-state index contributed by atoms with van der Waals surface area (Å²) in [6, 6.07) is 7.51. The molecule has 0 unspecified atom stereocenters. The molecule has 30 heavy (non-hydrogen) atoms. The Morgan fingerprint density at radius 1 is 1.33 bits per heavy atom. The highest BCUT2D eigenvalue weighted by Crippen LogP contribution is 2.27.